The minimum atomic E-state index is -0.326. The first-order valence-corrected chi connectivity index (χ1v) is 6.39. The monoisotopic (exact) mass is 310 g/mol. The molecule has 5 nitrogen and oxygen atoms in total. The van der Waals surface area contributed by atoms with Crippen LogP contribution < -0.4 is 15.8 Å². The number of ether oxygens (including phenoxy) is 1. The predicted octanol–water partition coefficient (Wildman–Crippen LogP) is 3.42. The van der Waals surface area contributed by atoms with Gasteiger partial charge in [0.2, 0.25) is 0 Å². The molecule has 0 unspecified atom stereocenters. The van der Waals surface area contributed by atoms with Crippen molar-refractivity contribution >= 4 is 29.7 Å². The molecule has 0 fully saturated rings. The highest BCUT2D eigenvalue weighted by atomic mass is 35.5. The summed E-state index contributed by atoms with van der Waals surface area (Å²) in [6.45, 7) is 3.90. The summed E-state index contributed by atoms with van der Waals surface area (Å²) in [5.74, 6) is 1.39. The number of carbonyl (C=O) groups excluding carboxylic acids is 1. The SMILES string of the molecule is CCc1oc(C(=O)Nc2cc(OC)ccc2N)cc1C.Cl. The van der Waals surface area contributed by atoms with E-state index in [9.17, 15) is 4.79 Å². The molecule has 0 saturated carbocycles. The van der Waals surface area contributed by atoms with Gasteiger partial charge >= 0.3 is 0 Å². The van der Waals surface area contributed by atoms with Crippen molar-refractivity contribution in [2.45, 2.75) is 20.3 Å². The van der Waals surface area contributed by atoms with E-state index in [1.54, 1.807) is 31.4 Å². The van der Waals surface area contributed by atoms with Gasteiger partial charge in [0, 0.05) is 12.5 Å². The number of nitrogens with two attached hydrogens (primary N) is 1. The number of hydrogen-bond acceptors (Lipinski definition) is 4. The number of methoxy groups -OCH3 is 1. The summed E-state index contributed by atoms with van der Waals surface area (Å²) in [6.07, 6.45) is 0.750. The molecular formula is C15H19ClN2O3. The normalized spacial score (nSPS) is 9.86. The Labute approximate surface area is 129 Å². The quantitative estimate of drug-likeness (QED) is 0.848. The average molecular weight is 311 g/mol. The molecule has 0 spiro atoms. The van der Waals surface area contributed by atoms with Crippen LogP contribution in [0.1, 0.15) is 28.8 Å². The van der Waals surface area contributed by atoms with Gasteiger partial charge in [0.15, 0.2) is 5.76 Å². The number of furan rings is 1. The van der Waals surface area contributed by atoms with Crippen LogP contribution in [-0.4, -0.2) is 13.0 Å². The van der Waals surface area contributed by atoms with Gasteiger partial charge in [-0.3, -0.25) is 4.79 Å². The van der Waals surface area contributed by atoms with Crippen LogP contribution in [0.4, 0.5) is 11.4 Å². The highest BCUT2D eigenvalue weighted by Crippen LogP contribution is 2.25. The lowest BCUT2D eigenvalue weighted by Crippen LogP contribution is -2.12. The Bertz CT molecular complexity index is 638. The molecule has 0 atom stereocenters. The van der Waals surface area contributed by atoms with Gasteiger partial charge in [0.1, 0.15) is 11.5 Å². The molecule has 1 amide bonds. The number of nitrogens with one attached hydrogen (secondary N) is 1. The Morgan fingerprint density at radius 3 is 2.67 bits per heavy atom. The molecule has 0 aliphatic carbocycles. The molecule has 0 radical (unpaired) electrons. The first-order valence-electron chi connectivity index (χ1n) is 6.39. The zero-order valence-corrected chi connectivity index (χ0v) is 13.0. The van der Waals surface area contributed by atoms with E-state index in [1.165, 1.54) is 0 Å². The summed E-state index contributed by atoms with van der Waals surface area (Å²) in [7, 11) is 1.56. The van der Waals surface area contributed by atoms with E-state index in [0.29, 0.717) is 17.1 Å². The van der Waals surface area contributed by atoms with Gasteiger partial charge < -0.3 is 20.2 Å². The summed E-state index contributed by atoms with van der Waals surface area (Å²) >= 11 is 0. The molecule has 0 aliphatic heterocycles. The minimum Gasteiger partial charge on any atom is -0.497 e. The van der Waals surface area contributed by atoms with Crippen molar-refractivity contribution in [3.63, 3.8) is 0 Å². The van der Waals surface area contributed by atoms with E-state index in [0.717, 1.165) is 17.7 Å². The molecule has 6 heteroatoms. The van der Waals surface area contributed by atoms with E-state index in [2.05, 4.69) is 5.32 Å². The first-order chi connectivity index (χ1) is 9.55. The molecule has 114 valence electrons. The lowest BCUT2D eigenvalue weighted by molar-refractivity contribution is 0.0995. The molecule has 2 aromatic rings. The van der Waals surface area contributed by atoms with Crippen molar-refractivity contribution in [1.29, 1.82) is 0 Å². The van der Waals surface area contributed by atoms with Crippen molar-refractivity contribution < 1.29 is 13.9 Å². The fourth-order valence-corrected chi connectivity index (χ4v) is 1.94. The highest BCUT2D eigenvalue weighted by molar-refractivity contribution is 6.04. The molecule has 2 rings (SSSR count). The number of nitrogen functional groups attached to an aromatic ring is 1. The second kappa shape index (κ2) is 7.04. The summed E-state index contributed by atoms with van der Waals surface area (Å²) in [5.41, 5.74) is 7.77. The van der Waals surface area contributed by atoms with Crippen LogP contribution in [0.5, 0.6) is 5.75 Å². The fourth-order valence-electron chi connectivity index (χ4n) is 1.94. The van der Waals surface area contributed by atoms with Crippen LogP contribution in [0.25, 0.3) is 0 Å². The van der Waals surface area contributed by atoms with Crippen LogP contribution in [0.2, 0.25) is 0 Å². The summed E-state index contributed by atoms with van der Waals surface area (Å²) in [5, 5.41) is 2.73. The average Bonchev–Trinajstić information content (AvgIpc) is 2.82. The number of hydrogen-bond donors (Lipinski definition) is 2. The summed E-state index contributed by atoms with van der Waals surface area (Å²) < 4.78 is 10.6. The number of carbonyl (C=O) groups is 1. The topological polar surface area (TPSA) is 77.5 Å². The van der Waals surface area contributed by atoms with Crippen molar-refractivity contribution in [3.05, 3.63) is 41.3 Å². The van der Waals surface area contributed by atoms with Gasteiger partial charge in [-0.25, -0.2) is 0 Å². The largest absolute Gasteiger partial charge is 0.497 e. The van der Waals surface area contributed by atoms with E-state index in [1.807, 2.05) is 13.8 Å². The van der Waals surface area contributed by atoms with E-state index in [-0.39, 0.29) is 24.1 Å². The number of amides is 1. The van der Waals surface area contributed by atoms with Crippen molar-refractivity contribution in [3.8, 4) is 5.75 Å². The predicted molar refractivity (Wildman–Crippen MR) is 85.4 cm³/mol. The highest BCUT2D eigenvalue weighted by Gasteiger charge is 2.15. The Hall–Kier alpha value is -2.14. The van der Waals surface area contributed by atoms with Gasteiger partial charge in [0.25, 0.3) is 5.91 Å². The number of anilines is 2. The number of benzene rings is 1. The third-order valence-electron chi connectivity index (χ3n) is 3.07. The molecule has 1 heterocycles. The van der Waals surface area contributed by atoms with Crippen molar-refractivity contribution in [2.75, 3.05) is 18.2 Å². The van der Waals surface area contributed by atoms with Gasteiger partial charge in [-0.15, -0.1) is 12.4 Å². The first kappa shape index (κ1) is 16.9. The third-order valence-corrected chi connectivity index (χ3v) is 3.07. The smallest absolute Gasteiger partial charge is 0.291 e. The van der Waals surface area contributed by atoms with Crippen LogP contribution >= 0.6 is 12.4 Å². The molecule has 1 aromatic carbocycles. The maximum Gasteiger partial charge on any atom is 0.291 e. The zero-order valence-electron chi connectivity index (χ0n) is 12.2. The second-order valence-electron chi connectivity index (χ2n) is 4.48. The minimum absolute atomic E-state index is 0. The molecule has 1 aromatic heterocycles. The van der Waals surface area contributed by atoms with E-state index in [4.69, 9.17) is 14.9 Å². The van der Waals surface area contributed by atoms with Gasteiger partial charge in [-0.1, -0.05) is 6.92 Å². The molecule has 0 aliphatic rings. The molecule has 3 N–H and O–H groups in total. The van der Waals surface area contributed by atoms with Gasteiger partial charge in [-0.2, -0.15) is 0 Å². The van der Waals surface area contributed by atoms with Gasteiger partial charge in [-0.05, 0) is 30.7 Å². The van der Waals surface area contributed by atoms with Crippen LogP contribution in [-0.2, 0) is 6.42 Å². The summed E-state index contributed by atoms with van der Waals surface area (Å²) in [4.78, 5) is 12.1. The van der Waals surface area contributed by atoms with Crippen LogP contribution in [0, 0.1) is 6.92 Å². The molecular weight excluding hydrogens is 292 g/mol. The fraction of sp³-hybridized carbons (Fsp3) is 0.267. The molecule has 21 heavy (non-hydrogen) atoms. The number of rotatable bonds is 4. The Kier molecular flexibility index (Phi) is 5.67. The van der Waals surface area contributed by atoms with Crippen LogP contribution in [0.3, 0.4) is 0 Å². The van der Waals surface area contributed by atoms with Crippen molar-refractivity contribution in [2.24, 2.45) is 0 Å². The molecule has 0 saturated heterocycles. The second-order valence-corrected chi connectivity index (χ2v) is 4.48. The third kappa shape index (κ3) is 3.70. The lowest BCUT2D eigenvalue weighted by atomic mass is 10.2. The Morgan fingerprint density at radius 2 is 2.10 bits per heavy atom. The van der Waals surface area contributed by atoms with Crippen LogP contribution in [0.15, 0.2) is 28.7 Å². The number of halogens is 1. The maximum absolute atomic E-state index is 12.1. The van der Waals surface area contributed by atoms with Gasteiger partial charge in [0.05, 0.1) is 18.5 Å². The molecule has 0 bridgehead atoms. The Morgan fingerprint density at radius 1 is 1.38 bits per heavy atom. The van der Waals surface area contributed by atoms with Crippen molar-refractivity contribution in [1.82, 2.24) is 0 Å². The lowest BCUT2D eigenvalue weighted by Gasteiger charge is -2.08. The van der Waals surface area contributed by atoms with E-state index >= 15 is 0 Å². The number of aryl methyl sites for hydroxylation is 2. The Balaban J connectivity index is 0.00000220. The zero-order chi connectivity index (χ0) is 14.7. The standard InChI is InChI=1S/C15H18N2O3.ClH/c1-4-13-9(2)7-14(20-13)15(18)17-12-8-10(19-3)5-6-11(12)16;/h5-8H,4,16H2,1-3H3,(H,17,18);1H. The van der Waals surface area contributed by atoms with E-state index < -0.39 is 0 Å². The summed E-state index contributed by atoms with van der Waals surface area (Å²) in [6, 6.07) is 6.81. The maximum atomic E-state index is 12.1.